The lowest BCUT2D eigenvalue weighted by Gasteiger charge is -2.15. The molecule has 2 aromatic carbocycles. The van der Waals surface area contributed by atoms with Gasteiger partial charge in [0.2, 0.25) is 10.0 Å². The topological polar surface area (TPSA) is 72.2 Å². The molecule has 112 valence electrons. The predicted molar refractivity (Wildman–Crippen MR) is 80.7 cm³/mol. The molecule has 0 radical (unpaired) electrons. The molecule has 0 saturated heterocycles. The van der Waals surface area contributed by atoms with Gasteiger partial charge in [-0.05, 0) is 49.2 Å². The Bertz CT molecular complexity index is 743. The van der Waals surface area contributed by atoms with Crippen LogP contribution in [0.2, 0.25) is 0 Å². The molecular formula is C15H17FN2O2S. The van der Waals surface area contributed by atoms with E-state index in [0.29, 0.717) is 11.3 Å². The van der Waals surface area contributed by atoms with Gasteiger partial charge in [0.15, 0.2) is 0 Å². The van der Waals surface area contributed by atoms with Crippen LogP contribution in [-0.2, 0) is 10.0 Å². The summed E-state index contributed by atoms with van der Waals surface area (Å²) in [5.74, 6) is -0.766. The minimum Gasteiger partial charge on any atom is -0.399 e. The Morgan fingerprint density at radius 2 is 1.76 bits per heavy atom. The molecule has 0 aliphatic rings. The number of halogens is 1. The van der Waals surface area contributed by atoms with E-state index in [1.165, 1.54) is 12.1 Å². The standard InChI is InChI=1S/C15H17FN2O2S/c1-10-3-8-14(16)15(9-10)21(19,20)18-11(2)12-4-6-13(17)7-5-12/h3-9,11,18H,17H2,1-2H3. The van der Waals surface area contributed by atoms with Crippen LogP contribution in [-0.4, -0.2) is 8.42 Å². The minimum atomic E-state index is -3.93. The van der Waals surface area contributed by atoms with Crippen molar-refractivity contribution in [1.82, 2.24) is 4.72 Å². The first-order valence-electron chi connectivity index (χ1n) is 6.43. The van der Waals surface area contributed by atoms with Crippen LogP contribution in [0, 0.1) is 12.7 Å². The van der Waals surface area contributed by atoms with E-state index >= 15 is 0 Å². The lowest BCUT2D eigenvalue weighted by Crippen LogP contribution is -2.27. The number of nitrogen functional groups attached to an aromatic ring is 1. The van der Waals surface area contributed by atoms with Crippen molar-refractivity contribution in [3.8, 4) is 0 Å². The van der Waals surface area contributed by atoms with Crippen molar-refractivity contribution in [1.29, 1.82) is 0 Å². The molecule has 0 bridgehead atoms. The maximum atomic E-state index is 13.7. The number of hydrogen-bond donors (Lipinski definition) is 2. The first kappa shape index (κ1) is 15.5. The third-order valence-electron chi connectivity index (χ3n) is 3.14. The van der Waals surface area contributed by atoms with E-state index in [9.17, 15) is 12.8 Å². The molecule has 21 heavy (non-hydrogen) atoms. The van der Waals surface area contributed by atoms with E-state index < -0.39 is 21.9 Å². The number of aryl methyl sites for hydroxylation is 1. The summed E-state index contributed by atoms with van der Waals surface area (Å²) in [4.78, 5) is -0.343. The lowest BCUT2D eigenvalue weighted by atomic mass is 10.1. The van der Waals surface area contributed by atoms with Crippen LogP contribution in [0.3, 0.4) is 0 Å². The molecule has 6 heteroatoms. The lowest BCUT2D eigenvalue weighted by molar-refractivity contribution is 0.546. The summed E-state index contributed by atoms with van der Waals surface area (Å²) in [6.07, 6.45) is 0. The molecule has 2 aromatic rings. The highest BCUT2D eigenvalue weighted by atomic mass is 32.2. The number of hydrogen-bond acceptors (Lipinski definition) is 3. The Kier molecular flexibility index (Phi) is 4.29. The van der Waals surface area contributed by atoms with Crippen molar-refractivity contribution in [2.45, 2.75) is 24.8 Å². The maximum Gasteiger partial charge on any atom is 0.244 e. The van der Waals surface area contributed by atoms with Crippen molar-refractivity contribution in [2.75, 3.05) is 5.73 Å². The van der Waals surface area contributed by atoms with Gasteiger partial charge in [-0.15, -0.1) is 0 Å². The van der Waals surface area contributed by atoms with Gasteiger partial charge in [0.25, 0.3) is 0 Å². The van der Waals surface area contributed by atoms with E-state index in [1.54, 1.807) is 38.1 Å². The van der Waals surface area contributed by atoms with Crippen LogP contribution in [0.15, 0.2) is 47.4 Å². The zero-order valence-electron chi connectivity index (χ0n) is 11.8. The third-order valence-corrected chi connectivity index (χ3v) is 4.70. The zero-order valence-corrected chi connectivity index (χ0v) is 12.6. The van der Waals surface area contributed by atoms with E-state index in [0.717, 1.165) is 11.6 Å². The molecule has 0 aliphatic carbocycles. The fourth-order valence-electron chi connectivity index (χ4n) is 1.97. The molecule has 4 nitrogen and oxygen atoms in total. The first-order valence-corrected chi connectivity index (χ1v) is 7.92. The van der Waals surface area contributed by atoms with Gasteiger partial charge in [-0.1, -0.05) is 18.2 Å². The van der Waals surface area contributed by atoms with Crippen molar-refractivity contribution < 1.29 is 12.8 Å². The molecule has 2 rings (SSSR count). The average Bonchev–Trinajstić information content (AvgIpc) is 2.41. The number of sulfonamides is 1. The molecular weight excluding hydrogens is 291 g/mol. The second kappa shape index (κ2) is 5.83. The van der Waals surface area contributed by atoms with Gasteiger partial charge >= 0.3 is 0 Å². The van der Waals surface area contributed by atoms with Crippen LogP contribution in [0.25, 0.3) is 0 Å². The predicted octanol–water partition coefficient (Wildman–Crippen LogP) is 2.76. The van der Waals surface area contributed by atoms with Gasteiger partial charge in [-0.25, -0.2) is 17.5 Å². The largest absolute Gasteiger partial charge is 0.399 e. The van der Waals surface area contributed by atoms with Gasteiger partial charge in [0.05, 0.1) is 0 Å². The average molecular weight is 308 g/mol. The summed E-state index contributed by atoms with van der Waals surface area (Å²) in [6, 6.07) is 10.3. The van der Waals surface area contributed by atoms with Crippen molar-refractivity contribution in [3.05, 3.63) is 59.4 Å². The Morgan fingerprint density at radius 1 is 1.14 bits per heavy atom. The van der Waals surface area contributed by atoms with E-state index in [1.807, 2.05) is 0 Å². The monoisotopic (exact) mass is 308 g/mol. The summed E-state index contributed by atoms with van der Waals surface area (Å²) in [5, 5.41) is 0. The summed E-state index contributed by atoms with van der Waals surface area (Å²) >= 11 is 0. The molecule has 0 heterocycles. The number of nitrogens with two attached hydrogens (primary N) is 1. The Hall–Kier alpha value is -1.92. The fraction of sp³-hybridized carbons (Fsp3) is 0.200. The minimum absolute atomic E-state index is 0.343. The summed E-state index contributed by atoms with van der Waals surface area (Å²) in [7, 11) is -3.93. The van der Waals surface area contributed by atoms with E-state index in [4.69, 9.17) is 5.73 Å². The smallest absolute Gasteiger partial charge is 0.244 e. The molecule has 0 aliphatic heterocycles. The van der Waals surface area contributed by atoms with Gasteiger partial charge in [0, 0.05) is 11.7 Å². The SMILES string of the molecule is Cc1ccc(F)c(S(=O)(=O)NC(C)c2ccc(N)cc2)c1. The van der Waals surface area contributed by atoms with Crippen molar-refractivity contribution in [2.24, 2.45) is 0 Å². The number of anilines is 1. The fourth-order valence-corrected chi connectivity index (χ4v) is 3.36. The second-order valence-corrected chi connectivity index (χ2v) is 6.63. The van der Waals surface area contributed by atoms with Crippen molar-refractivity contribution >= 4 is 15.7 Å². The summed E-state index contributed by atoms with van der Waals surface area (Å²) in [5.41, 5.74) is 7.62. The number of rotatable bonds is 4. The van der Waals surface area contributed by atoms with Gasteiger partial charge in [-0.3, -0.25) is 0 Å². The van der Waals surface area contributed by atoms with Crippen LogP contribution < -0.4 is 10.5 Å². The maximum absolute atomic E-state index is 13.7. The Morgan fingerprint density at radius 3 is 2.38 bits per heavy atom. The number of benzene rings is 2. The highest BCUT2D eigenvalue weighted by molar-refractivity contribution is 7.89. The molecule has 0 fully saturated rings. The first-order chi connectivity index (χ1) is 9.79. The highest BCUT2D eigenvalue weighted by Gasteiger charge is 2.22. The van der Waals surface area contributed by atoms with Crippen LogP contribution in [0.4, 0.5) is 10.1 Å². The molecule has 0 aromatic heterocycles. The second-order valence-electron chi connectivity index (χ2n) is 4.94. The van der Waals surface area contributed by atoms with Crippen LogP contribution in [0.5, 0.6) is 0 Å². The van der Waals surface area contributed by atoms with Crippen LogP contribution in [0.1, 0.15) is 24.1 Å². The van der Waals surface area contributed by atoms with E-state index in [-0.39, 0.29) is 4.90 Å². The third kappa shape index (κ3) is 3.59. The van der Waals surface area contributed by atoms with Gasteiger partial charge in [0.1, 0.15) is 10.7 Å². The molecule has 0 saturated carbocycles. The summed E-state index contributed by atoms with van der Waals surface area (Å²) in [6.45, 7) is 3.40. The molecule has 0 spiro atoms. The van der Waals surface area contributed by atoms with Gasteiger partial charge < -0.3 is 5.73 Å². The van der Waals surface area contributed by atoms with Crippen molar-refractivity contribution in [3.63, 3.8) is 0 Å². The van der Waals surface area contributed by atoms with E-state index in [2.05, 4.69) is 4.72 Å². The molecule has 3 N–H and O–H groups in total. The van der Waals surface area contributed by atoms with Gasteiger partial charge in [-0.2, -0.15) is 0 Å². The molecule has 1 atom stereocenters. The highest BCUT2D eigenvalue weighted by Crippen LogP contribution is 2.20. The summed E-state index contributed by atoms with van der Waals surface area (Å²) < 4.78 is 40.8. The Balaban J connectivity index is 2.28. The zero-order chi connectivity index (χ0) is 15.6. The van der Waals surface area contributed by atoms with Crippen LogP contribution >= 0.6 is 0 Å². The Labute approximate surface area is 123 Å². The molecule has 0 amide bonds. The molecule has 1 unspecified atom stereocenters. The quantitative estimate of drug-likeness (QED) is 0.853. The number of nitrogens with one attached hydrogen (secondary N) is 1. The normalized spacial score (nSPS) is 13.1.